The van der Waals surface area contributed by atoms with Gasteiger partial charge in [-0.15, -0.1) is 0 Å². The minimum absolute atomic E-state index is 0.564. The Morgan fingerprint density at radius 3 is 2.77 bits per heavy atom. The first-order chi connectivity index (χ1) is 6.16. The van der Waals surface area contributed by atoms with E-state index in [2.05, 4.69) is 43.3 Å². The van der Waals surface area contributed by atoms with E-state index >= 15 is 0 Å². The summed E-state index contributed by atoms with van der Waals surface area (Å²) in [6, 6.07) is 6.38. The fourth-order valence-electron chi connectivity index (χ4n) is 1.47. The van der Waals surface area contributed by atoms with Crippen LogP contribution < -0.4 is 0 Å². The lowest BCUT2D eigenvalue weighted by atomic mass is 10.1. The number of hydrogen-bond acceptors (Lipinski definition) is 1. The van der Waals surface area contributed by atoms with Crippen LogP contribution in [0.5, 0.6) is 0 Å². The fourth-order valence-corrected chi connectivity index (χ4v) is 1.47. The Labute approximate surface area is 78.2 Å². The summed E-state index contributed by atoms with van der Waals surface area (Å²) in [6.45, 7) is 6.40. The van der Waals surface area contributed by atoms with Crippen LogP contribution in [-0.4, -0.2) is 9.61 Å². The van der Waals surface area contributed by atoms with Crippen LogP contribution in [0.2, 0.25) is 0 Å². The molecule has 0 saturated carbocycles. The Hall–Kier alpha value is -1.31. The zero-order chi connectivity index (χ0) is 9.42. The molecule has 2 rings (SSSR count). The van der Waals surface area contributed by atoms with E-state index < -0.39 is 0 Å². The third-order valence-electron chi connectivity index (χ3n) is 2.27. The molecule has 2 nitrogen and oxygen atoms in total. The highest BCUT2D eigenvalue weighted by Gasteiger charge is 2.01. The van der Waals surface area contributed by atoms with Crippen molar-refractivity contribution in [3.8, 4) is 0 Å². The molecule has 0 aliphatic rings. The maximum Gasteiger partial charge on any atom is 0.0664 e. The van der Waals surface area contributed by atoms with Gasteiger partial charge in [-0.05, 0) is 30.5 Å². The van der Waals surface area contributed by atoms with E-state index in [1.54, 1.807) is 0 Å². The molecule has 2 aromatic heterocycles. The van der Waals surface area contributed by atoms with Gasteiger partial charge in [0, 0.05) is 6.20 Å². The van der Waals surface area contributed by atoms with Crippen molar-refractivity contribution in [2.75, 3.05) is 0 Å². The number of pyridine rings is 1. The lowest BCUT2D eigenvalue weighted by Gasteiger charge is -2.04. The molecule has 0 bridgehead atoms. The predicted molar refractivity (Wildman–Crippen MR) is 54.0 cm³/mol. The molecule has 0 fully saturated rings. The highest BCUT2D eigenvalue weighted by atomic mass is 15.2. The normalized spacial score (nSPS) is 11.4. The van der Waals surface area contributed by atoms with Gasteiger partial charge in [0.2, 0.25) is 0 Å². The molecule has 0 aromatic carbocycles. The standard InChI is InChI=1S/C11H14N2/c1-8(2)10-4-5-11-6-9(3)12-13(11)7-10/h4-8H,1-3H3. The van der Waals surface area contributed by atoms with Gasteiger partial charge in [-0.1, -0.05) is 19.9 Å². The molecular weight excluding hydrogens is 160 g/mol. The van der Waals surface area contributed by atoms with Crippen molar-refractivity contribution in [1.82, 2.24) is 9.61 Å². The fraction of sp³-hybridized carbons (Fsp3) is 0.364. The molecule has 0 saturated heterocycles. The number of rotatable bonds is 1. The molecule has 0 radical (unpaired) electrons. The number of hydrogen-bond donors (Lipinski definition) is 0. The monoisotopic (exact) mass is 174 g/mol. The molecule has 13 heavy (non-hydrogen) atoms. The highest BCUT2D eigenvalue weighted by molar-refractivity contribution is 5.48. The summed E-state index contributed by atoms with van der Waals surface area (Å²) in [7, 11) is 0. The first-order valence-corrected chi connectivity index (χ1v) is 4.63. The Bertz CT molecular complexity index is 427. The Morgan fingerprint density at radius 1 is 1.31 bits per heavy atom. The molecule has 2 aromatic rings. The summed E-state index contributed by atoms with van der Waals surface area (Å²) < 4.78 is 1.95. The van der Waals surface area contributed by atoms with Gasteiger partial charge in [0.15, 0.2) is 0 Å². The van der Waals surface area contributed by atoms with Gasteiger partial charge < -0.3 is 0 Å². The zero-order valence-corrected chi connectivity index (χ0v) is 8.28. The molecule has 0 atom stereocenters. The van der Waals surface area contributed by atoms with E-state index in [0.29, 0.717) is 5.92 Å². The van der Waals surface area contributed by atoms with Crippen LogP contribution >= 0.6 is 0 Å². The van der Waals surface area contributed by atoms with E-state index in [1.807, 2.05) is 11.4 Å². The van der Waals surface area contributed by atoms with Crippen LogP contribution in [0.1, 0.15) is 31.0 Å². The van der Waals surface area contributed by atoms with Gasteiger partial charge in [-0.2, -0.15) is 5.10 Å². The minimum atomic E-state index is 0.564. The molecule has 68 valence electrons. The summed E-state index contributed by atoms with van der Waals surface area (Å²) in [5.74, 6) is 0.564. The van der Waals surface area contributed by atoms with Crippen molar-refractivity contribution < 1.29 is 0 Å². The van der Waals surface area contributed by atoms with E-state index in [9.17, 15) is 0 Å². The molecule has 0 amide bonds. The molecule has 0 aliphatic heterocycles. The number of aromatic nitrogens is 2. The van der Waals surface area contributed by atoms with E-state index in [0.717, 1.165) is 5.69 Å². The molecule has 0 N–H and O–H groups in total. The van der Waals surface area contributed by atoms with Gasteiger partial charge in [0.25, 0.3) is 0 Å². The second-order valence-corrected chi connectivity index (χ2v) is 3.77. The van der Waals surface area contributed by atoms with Crippen LogP contribution in [0.25, 0.3) is 5.52 Å². The first-order valence-electron chi connectivity index (χ1n) is 4.63. The van der Waals surface area contributed by atoms with Gasteiger partial charge >= 0.3 is 0 Å². The van der Waals surface area contributed by atoms with E-state index in [1.165, 1.54) is 11.1 Å². The number of aryl methyl sites for hydroxylation is 1. The van der Waals surface area contributed by atoms with Gasteiger partial charge in [0.1, 0.15) is 0 Å². The maximum absolute atomic E-state index is 4.37. The highest BCUT2D eigenvalue weighted by Crippen LogP contribution is 2.15. The summed E-state index contributed by atoms with van der Waals surface area (Å²) in [4.78, 5) is 0. The van der Waals surface area contributed by atoms with Crippen molar-refractivity contribution >= 4 is 5.52 Å². The summed E-state index contributed by atoms with van der Waals surface area (Å²) >= 11 is 0. The van der Waals surface area contributed by atoms with Crippen molar-refractivity contribution in [1.29, 1.82) is 0 Å². The lowest BCUT2D eigenvalue weighted by Crippen LogP contribution is -1.93. The summed E-state index contributed by atoms with van der Waals surface area (Å²) in [5.41, 5.74) is 3.57. The minimum Gasteiger partial charge on any atom is -0.240 e. The summed E-state index contributed by atoms with van der Waals surface area (Å²) in [6.07, 6.45) is 2.10. The Morgan fingerprint density at radius 2 is 2.08 bits per heavy atom. The number of nitrogens with zero attached hydrogens (tertiary/aromatic N) is 2. The molecule has 0 aliphatic carbocycles. The lowest BCUT2D eigenvalue weighted by molar-refractivity contribution is 0.831. The van der Waals surface area contributed by atoms with Crippen molar-refractivity contribution in [2.45, 2.75) is 26.7 Å². The maximum atomic E-state index is 4.37. The second kappa shape index (κ2) is 2.87. The Kier molecular flexibility index (Phi) is 1.83. The van der Waals surface area contributed by atoms with Crippen molar-refractivity contribution in [3.63, 3.8) is 0 Å². The van der Waals surface area contributed by atoms with Crippen molar-refractivity contribution in [2.24, 2.45) is 0 Å². The first kappa shape index (κ1) is 8.30. The quantitative estimate of drug-likeness (QED) is 0.649. The third-order valence-corrected chi connectivity index (χ3v) is 2.27. The summed E-state index contributed by atoms with van der Waals surface area (Å²) in [5, 5.41) is 4.37. The van der Waals surface area contributed by atoms with Gasteiger partial charge in [-0.25, -0.2) is 4.52 Å². The molecule has 0 unspecified atom stereocenters. The van der Waals surface area contributed by atoms with E-state index in [-0.39, 0.29) is 0 Å². The van der Waals surface area contributed by atoms with Crippen LogP contribution in [0.3, 0.4) is 0 Å². The predicted octanol–water partition coefficient (Wildman–Crippen LogP) is 2.77. The average Bonchev–Trinajstić information content (AvgIpc) is 2.42. The van der Waals surface area contributed by atoms with Crippen LogP contribution in [-0.2, 0) is 0 Å². The van der Waals surface area contributed by atoms with Crippen LogP contribution in [0.4, 0.5) is 0 Å². The van der Waals surface area contributed by atoms with Crippen LogP contribution in [0.15, 0.2) is 24.4 Å². The molecule has 2 heterocycles. The smallest absolute Gasteiger partial charge is 0.0664 e. The molecule has 2 heteroatoms. The average molecular weight is 174 g/mol. The Balaban J connectivity index is 2.61. The molecular formula is C11H14N2. The van der Waals surface area contributed by atoms with Gasteiger partial charge in [0.05, 0.1) is 11.2 Å². The third kappa shape index (κ3) is 1.44. The van der Waals surface area contributed by atoms with Gasteiger partial charge in [-0.3, -0.25) is 0 Å². The largest absolute Gasteiger partial charge is 0.240 e. The zero-order valence-electron chi connectivity index (χ0n) is 8.28. The topological polar surface area (TPSA) is 17.3 Å². The SMILES string of the molecule is Cc1cc2ccc(C(C)C)cn2n1. The second-order valence-electron chi connectivity index (χ2n) is 3.77. The van der Waals surface area contributed by atoms with Crippen molar-refractivity contribution in [3.05, 3.63) is 35.7 Å². The van der Waals surface area contributed by atoms with Crippen LogP contribution in [0, 0.1) is 6.92 Å². The number of fused-ring (bicyclic) bond motifs is 1. The molecule has 0 spiro atoms. The van der Waals surface area contributed by atoms with E-state index in [4.69, 9.17) is 0 Å².